The zero-order valence-corrected chi connectivity index (χ0v) is 14.5. The highest BCUT2D eigenvalue weighted by Gasteiger charge is 2.26. The maximum absolute atomic E-state index is 12.7. The predicted molar refractivity (Wildman–Crippen MR) is 95.7 cm³/mol. The van der Waals surface area contributed by atoms with Crippen molar-refractivity contribution < 1.29 is 4.79 Å². The number of amides is 1. The second-order valence-corrected chi connectivity index (χ2v) is 7.02. The SMILES string of the molecule is O=C(CC1CCCNCC1)N1CCn2c(nnc2-c2ccccc2)C1. The Kier molecular flexibility index (Phi) is 4.78. The van der Waals surface area contributed by atoms with Crippen molar-refractivity contribution in [2.75, 3.05) is 19.6 Å². The van der Waals surface area contributed by atoms with Crippen LogP contribution in [0.2, 0.25) is 0 Å². The molecule has 1 aromatic carbocycles. The number of hydrogen-bond donors (Lipinski definition) is 1. The van der Waals surface area contributed by atoms with E-state index in [9.17, 15) is 4.79 Å². The van der Waals surface area contributed by atoms with Crippen LogP contribution in [0.5, 0.6) is 0 Å². The van der Waals surface area contributed by atoms with Crippen LogP contribution in [-0.2, 0) is 17.9 Å². The molecule has 25 heavy (non-hydrogen) atoms. The molecule has 1 atom stereocenters. The lowest BCUT2D eigenvalue weighted by Crippen LogP contribution is -2.39. The maximum Gasteiger partial charge on any atom is 0.223 e. The molecule has 0 aliphatic carbocycles. The van der Waals surface area contributed by atoms with Crippen molar-refractivity contribution in [3.8, 4) is 11.4 Å². The van der Waals surface area contributed by atoms with E-state index in [1.54, 1.807) is 0 Å². The minimum Gasteiger partial charge on any atom is -0.333 e. The number of aromatic nitrogens is 3. The summed E-state index contributed by atoms with van der Waals surface area (Å²) in [5.41, 5.74) is 1.08. The standard InChI is InChI=1S/C19H25N5O/c25-18(13-15-5-4-9-20-10-8-15)23-11-12-24-17(14-23)21-22-19(24)16-6-2-1-3-7-16/h1-3,6-7,15,20H,4-5,8-14H2. The lowest BCUT2D eigenvalue weighted by atomic mass is 9.96. The number of rotatable bonds is 3. The fourth-order valence-electron chi connectivity index (χ4n) is 3.84. The molecule has 1 amide bonds. The third-order valence-electron chi connectivity index (χ3n) is 5.30. The van der Waals surface area contributed by atoms with Crippen molar-refractivity contribution in [3.63, 3.8) is 0 Å². The highest BCUT2D eigenvalue weighted by atomic mass is 16.2. The number of hydrogen-bond acceptors (Lipinski definition) is 4. The summed E-state index contributed by atoms with van der Waals surface area (Å²) in [5, 5.41) is 12.1. The van der Waals surface area contributed by atoms with E-state index in [0.29, 0.717) is 18.9 Å². The summed E-state index contributed by atoms with van der Waals surface area (Å²) < 4.78 is 2.15. The zero-order valence-electron chi connectivity index (χ0n) is 14.5. The van der Waals surface area contributed by atoms with Crippen LogP contribution >= 0.6 is 0 Å². The van der Waals surface area contributed by atoms with E-state index < -0.39 is 0 Å². The average Bonchev–Trinajstić information content (AvgIpc) is 2.91. The van der Waals surface area contributed by atoms with E-state index in [1.165, 1.54) is 6.42 Å². The molecule has 4 rings (SSSR count). The van der Waals surface area contributed by atoms with Crippen molar-refractivity contribution in [2.24, 2.45) is 5.92 Å². The molecule has 3 heterocycles. The molecule has 1 fully saturated rings. The average molecular weight is 339 g/mol. The van der Waals surface area contributed by atoms with E-state index >= 15 is 0 Å². The van der Waals surface area contributed by atoms with Gasteiger partial charge in [-0.1, -0.05) is 30.3 Å². The van der Waals surface area contributed by atoms with Crippen molar-refractivity contribution in [3.05, 3.63) is 36.2 Å². The molecule has 1 unspecified atom stereocenters. The second-order valence-electron chi connectivity index (χ2n) is 7.02. The van der Waals surface area contributed by atoms with Gasteiger partial charge >= 0.3 is 0 Å². The quantitative estimate of drug-likeness (QED) is 0.930. The molecular weight excluding hydrogens is 314 g/mol. The highest BCUT2D eigenvalue weighted by molar-refractivity contribution is 5.76. The Morgan fingerprint density at radius 3 is 2.88 bits per heavy atom. The largest absolute Gasteiger partial charge is 0.333 e. The van der Waals surface area contributed by atoms with Gasteiger partial charge in [0, 0.05) is 25.1 Å². The van der Waals surface area contributed by atoms with Crippen LogP contribution in [0.1, 0.15) is 31.5 Å². The van der Waals surface area contributed by atoms with E-state index in [-0.39, 0.29) is 5.91 Å². The molecule has 2 aromatic rings. The zero-order chi connectivity index (χ0) is 17.1. The van der Waals surface area contributed by atoms with Gasteiger partial charge in [-0.05, 0) is 38.3 Å². The van der Waals surface area contributed by atoms with E-state index in [4.69, 9.17) is 0 Å². The van der Waals surface area contributed by atoms with Crippen LogP contribution in [0.4, 0.5) is 0 Å². The molecule has 0 saturated carbocycles. The lowest BCUT2D eigenvalue weighted by molar-refractivity contribution is -0.133. The minimum absolute atomic E-state index is 0.266. The Hall–Kier alpha value is -2.21. The normalized spacial score (nSPS) is 20.8. The number of fused-ring (bicyclic) bond motifs is 1. The van der Waals surface area contributed by atoms with Crippen LogP contribution in [0.3, 0.4) is 0 Å². The molecule has 1 saturated heterocycles. The minimum atomic E-state index is 0.266. The van der Waals surface area contributed by atoms with Gasteiger partial charge in [0.15, 0.2) is 11.6 Å². The number of benzene rings is 1. The fraction of sp³-hybridized carbons (Fsp3) is 0.526. The van der Waals surface area contributed by atoms with Gasteiger partial charge in [-0.25, -0.2) is 0 Å². The first-order valence-corrected chi connectivity index (χ1v) is 9.27. The molecule has 2 aliphatic heterocycles. The first-order chi connectivity index (χ1) is 12.3. The molecule has 1 N–H and O–H groups in total. The van der Waals surface area contributed by atoms with Gasteiger partial charge in [0.1, 0.15) is 0 Å². The Morgan fingerprint density at radius 2 is 2.00 bits per heavy atom. The van der Waals surface area contributed by atoms with Gasteiger partial charge in [-0.2, -0.15) is 0 Å². The third-order valence-corrected chi connectivity index (χ3v) is 5.30. The smallest absolute Gasteiger partial charge is 0.223 e. The van der Waals surface area contributed by atoms with Crippen LogP contribution in [-0.4, -0.2) is 45.2 Å². The van der Waals surface area contributed by atoms with Crippen LogP contribution in [0.25, 0.3) is 11.4 Å². The summed E-state index contributed by atoms with van der Waals surface area (Å²) in [5.74, 6) is 2.57. The molecule has 0 radical (unpaired) electrons. The van der Waals surface area contributed by atoms with Crippen molar-refractivity contribution in [1.82, 2.24) is 25.0 Å². The molecule has 6 heteroatoms. The van der Waals surface area contributed by atoms with Crippen molar-refractivity contribution in [1.29, 1.82) is 0 Å². The number of carbonyl (C=O) groups is 1. The van der Waals surface area contributed by atoms with Crippen molar-refractivity contribution in [2.45, 2.75) is 38.8 Å². The summed E-state index contributed by atoms with van der Waals surface area (Å²) in [7, 11) is 0. The topological polar surface area (TPSA) is 63.1 Å². The summed E-state index contributed by atoms with van der Waals surface area (Å²) in [6.07, 6.45) is 4.10. The molecule has 0 spiro atoms. The molecule has 132 valence electrons. The van der Waals surface area contributed by atoms with E-state index in [1.807, 2.05) is 23.1 Å². The summed E-state index contributed by atoms with van der Waals surface area (Å²) >= 11 is 0. The predicted octanol–water partition coefficient (Wildman–Crippen LogP) is 2.07. The maximum atomic E-state index is 12.7. The molecule has 6 nitrogen and oxygen atoms in total. The number of nitrogens with zero attached hydrogens (tertiary/aromatic N) is 4. The van der Waals surface area contributed by atoms with Crippen LogP contribution in [0, 0.1) is 5.92 Å². The van der Waals surface area contributed by atoms with Gasteiger partial charge in [0.05, 0.1) is 6.54 Å². The highest BCUT2D eigenvalue weighted by Crippen LogP contribution is 2.23. The number of nitrogens with one attached hydrogen (secondary N) is 1. The van der Waals surface area contributed by atoms with Crippen LogP contribution < -0.4 is 5.32 Å². The van der Waals surface area contributed by atoms with E-state index in [2.05, 4.69) is 32.2 Å². The van der Waals surface area contributed by atoms with Gasteiger partial charge in [0.25, 0.3) is 0 Å². The van der Waals surface area contributed by atoms with Gasteiger partial charge in [-0.3, -0.25) is 4.79 Å². The second kappa shape index (κ2) is 7.35. The summed E-state index contributed by atoms with van der Waals surface area (Å²) in [6, 6.07) is 10.1. The summed E-state index contributed by atoms with van der Waals surface area (Å²) in [6.45, 7) is 4.20. The Balaban J connectivity index is 1.43. The lowest BCUT2D eigenvalue weighted by Gasteiger charge is -2.29. The molecule has 1 aromatic heterocycles. The van der Waals surface area contributed by atoms with Crippen molar-refractivity contribution >= 4 is 5.91 Å². The fourth-order valence-corrected chi connectivity index (χ4v) is 3.84. The number of carbonyl (C=O) groups excluding carboxylic acids is 1. The van der Waals surface area contributed by atoms with Gasteiger partial charge < -0.3 is 14.8 Å². The van der Waals surface area contributed by atoms with Gasteiger partial charge in [0.2, 0.25) is 5.91 Å². The Morgan fingerprint density at radius 1 is 1.12 bits per heavy atom. The Labute approximate surface area is 148 Å². The molecule has 2 aliphatic rings. The summed E-state index contributed by atoms with van der Waals surface area (Å²) in [4.78, 5) is 14.7. The Bertz CT molecular complexity index is 719. The van der Waals surface area contributed by atoms with Gasteiger partial charge in [-0.15, -0.1) is 10.2 Å². The third kappa shape index (κ3) is 3.58. The monoisotopic (exact) mass is 339 g/mol. The van der Waals surface area contributed by atoms with Crippen LogP contribution in [0.15, 0.2) is 30.3 Å². The van der Waals surface area contributed by atoms with E-state index in [0.717, 1.165) is 56.2 Å². The first-order valence-electron chi connectivity index (χ1n) is 9.27. The molecule has 0 bridgehead atoms. The first kappa shape index (κ1) is 16.3. The molecular formula is C19H25N5O.